The zero-order chi connectivity index (χ0) is 12.5. The number of ether oxygens (including phenoxy) is 1. The molecule has 94 valence electrons. The van der Waals surface area contributed by atoms with Crippen LogP contribution in [0.3, 0.4) is 0 Å². The van der Waals surface area contributed by atoms with Crippen molar-refractivity contribution < 1.29 is 9.26 Å². The summed E-state index contributed by atoms with van der Waals surface area (Å²) < 4.78 is 10.9. The van der Waals surface area contributed by atoms with E-state index in [4.69, 9.17) is 15.0 Å². The van der Waals surface area contributed by atoms with Gasteiger partial charge in [0.2, 0.25) is 5.88 Å². The van der Waals surface area contributed by atoms with E-state index in [1.54, 1.807) is 6.20 Å². The molecular weight excluding hydrogens is 228 g/mol. The lowest BCUT2D eigenvalue weighted by Crippen LogP contribution is -2.24. The summed E-state index contributed by atoms with van der Waals surface area (Å²) in [5.74, 6) is 1.19. The van der Waals surface area contributed by atoms with Crippen LogP contribution in [0.15, 0.2) is 28.9 Å². The van der Waals surface area contributed by atoms with E-state index in [0.717, 1.165) is 35.3 Å². The summed E-state index contributed by atoms with van der Waals surface area (Å²) in [6.45, 7) is 2.04. The third-order valence-corrected chi connectivity index (χ3v) is 3.37. The molecule has 0 amide bonds. The average molecular weight is 244 g/mol. The lowest BCUT2D eigenvalue weighted by molar-refractivity contribution is 0.121. The van der Waals surface area contributed by atoms with Gasteiger partial charge in [0, 0.05) is 5.56 Å². The number of benzene rings is 1. The Morgan fingerprint density at radius 3 is 2.78 bits per heavy atom. The highest BCUT2D eigenvalue weighted by atomic mass is 16.5. The number of hydrogen-bond acceptors (Lipinski definition) is 4. The number of rotatable bonds is 3. The average Bonchev–Trinajstić information content (AvgIpc) is 2.71. The summed E-state index contributed by atoms with van der Waals surface area (Å²) in [4.78, 5) is 0. The summed E-state index contributed by atoms with van der Waals surface area (Å²) in [6, 6.07) is 6.09. The van der Waals surface area contributed by atoms with Crippen LogP contribution in [-0.4, -0.2) is 11.3 Å². The smallest absolute Gasteiger partial charge is 0.230 e. The molecule has 1 aliphatic carbocycles. The van der Waals surface area contributed by atoms with Crippen molar-refractivity contribution in [3.05, 3.63) is 30.0 Å². The monoisotopic (exact) mass is 244 g/mol. The molecular formula is C14H16N2O2. The molecule has 4 heteroatoms. The summed E-state index contributed by atoms with van der Waals surface area (Å²) >= 11 is 0. The van der Waals surface area contributed by atoms with Crippen LogP contribution in [0.1, 0.15) is 24.8 Å². The quantitative estimate of drug-likeness (QED) is 0.900. The van der Waals surface area contributed by atoms with Gasteiger partial charge >= 0.3 is 0 Å². The van der Waals surface area contributed by atoms with Gasteiger partial charge < -0.3 is 15.0 Å². The second kappa shape index (κ2) is 4.37. The van der Waals surface area contributed by atoms with Crippen LogP contribution in [0, 0.1) is 6.92 Å². The van der Waals surface area contributed by atoms with Crippen LogP contribution < -0.4 is 10.5 Å². The summed E-state index contributed by atoms with van der Waals surface area (Å²) in [5, 5.41) is 3.73. The van der Waals surface area contributed by atoms with Crippen molar-refractivity contribution in [3.8, 4) is 16.9 Å². The maximum atomic E-state index is 5.99. The van der Waals surface area contributed by atoms with Crippen LogP contribution in [0.2, 0.25) is 0 Å². The highest BCUT2D eigenvalue weighted by Gasteiger charge is 2.21. The summed E-state index contributed by atoms with van der Waals surface area (Å²) in [7, 11) is 0. The Kier molecular flexibility index (Phi) is 2.70. The molecule has 18 heavy (non-hydrogen) atoms. The third kappa shape index (κ3) is 1.94. The van der Waals surface area contributed by atoms with Crippen molar-refractivity contribution in [2.75, 3.05) is 5.73 Å². The Labute approximate surface area is 106 Å². The van der Waals surface area contributed by atoms with Crippen molar-refractivity contribution >= 4 is 5.88 Å². The van der Waals surface area contributed by atoms with Crippen molar-refractivity contribution in [3.63, 3.8) is 0 Å². The second-order valence-corrected chi connectivity index (χ2v) is 4.77. The highest BCUT2D eigenvalue weighted by molar-refractivity contribution is 5.77. The Morgan fingerprint density at radius 2 is 2.17 bits per heavy atom. The predicted octanol–water partition coefficient (Wildman–Crippen LogP) is 3.16. The van der Waals surface area contributed by atoms with E-state index in [2.05, 4.69) is 11.2 Å². The van der Waals surface area contributed by atoms with Gasteiger partial charge in [0.05, 0.1) is 17.9 Å². The fourth-order valence-corrected chi connectivity index (χ4v) is 2.08. The van der Waals surface area contributed by atoms with Crippen molar-refractivity contribution in [2.45, 2.75) is 32.3 Å². The van der Waals surface area contributed by atoms with Gasteiger partial charge in [0.15, 0.2) is 0 Å². The Bertz CT molecular complexity index is 559. The first-order chi connectivity index (χ1) is 8.74. The first kappa shape index (κ1) is 11.1. The molecule has 0 spiro atoms. The molecule has 0 aliphatic heterocycles. The molecule has 1 aromatic carbocycles. The first-order valence-corrected chi connectivity index (χ1v) is 6.22. The molecule has 1 aliphatic rings. The van der Waals surface area contributed by atoms with Crippen LogP contribution >= 0.6 is 0 Å². The molecule has 4 nitrogen and oxygen atoms in total. The fourth-order valence-electron chi connectivity index (χ4n) is 2.08. The Hall–Kier alpha value is -1.97. The molecule has 3 rings (SSSR count). The van der Waals surface area contributed by atoms with E-state index >= 15 is 0 Å². The molecule has 0 radical (unpaired) electrons. The molecule has 0 bridgehead atoms. The zero-order valence-electron chi connectivity index (χ0n) is 10.3. The molecule has 0 saturated heterocycles. The minimum atomic E-state index is 0.332. The largest absolute Gasteiger partial charge is 0.490 e. The standard InChI is InChI=1S/C14H16N2O2/c1-9-5-6-13(17-10-3-2-4-10)11(7-9)12-8-16-18-14(12)15/h5-8,10H,2-4,15H2,1H3. The van der Waals surface area contributed by atoms with E-state index in [1.807, 2.05) is 19.1 Å². The lowest BCUT2D eigenvalue weighted by atomic mass is 9.96. The van der Waals surface area contributed by atoms with Crippen LogP contribution in [0.5, 0.6) is 5.75 Å². The number of nitrogens with zero attached hydrogens (tertiary/aromatic N) is 1. The topological polar surface area (TPSA) is 61.3 Å². The molecule has 0 atom stereocenters. The number of nitrogen functional groups attached to an aromatic ring is 1. The molecule has 1 fully saturated rings. The van der Waals surface area contributed by atoms with Crippen LogP contribution in [-0.2, 0) is 0 Å². The highest BCUT2D eigenvalue weighted by Crippen LogP contribution is 2.36. The zero-order valence-corrected chi connectivity index (χ0v) is 10.3. The number of nitrogens with two attached hydrogens (primary N) is 1. The van der Waals surface area contributed by atoms with Crippen molar-refractivity contribution in [2.24, 2.45) is 0 Å². The normalized spacial score (nSPS) is 15.4. The number of anilines is 1. The lowest BCUT2D eigenvalue weighted by Gasteiger charge is -2.27. The number of hydrogen-bond donors (Lipinski definition) is 1. The van der Waals surface area contributed by atoms with Gasteiger partial charge in [-0.1, -0.05) is 16.8 Å². The molecule has 1 aromatic heterocycles. The molecule has 0 unspecified atom stereocenters. The third-order valence-electron chi connectivity index (χ3n) is 3.37. The van der Waals surface area contributed by atoms with E-state index in [-0.39, 0.29) is 0 Å². The molecule has 1 heterocycles. The molecule has 2 N–H and O–H groups in total. The van der Waals surface area contributed by atoms with E-state index in [1.165, 1.54) is 6.42 Å². The van der Waals surface area contributed by atoms with E-state index < -0.39 is 0 Å². The second-order valence-electron chi connectivity index (χ2n) is 4.77. The van der Waals surface area contributed by atoms with Gasteiger partial charge in [-0.2, -0.15) is 0 Å². The van der Waals surface area contributed by atoms with Crippen molar-refractivity contribution in [1.29, 1.82) is 0 Å². The van der Waals surface area contributed by atoms with Gasteiger partial charge in [-0.05, 0) is 38.3 Å². The van der Waals surface area contributed by atoms with Gasteiger partial charge in [-0.15, -0.1) is 0 Å². The van der Waals surface area contributed by atoms with Crippen molar-refractivity contribution in [1.82, 2.24) is 5.16 Å². The van der Waals surface area contributed by atoms with Gasteiger partial charge in [-0.25, -0.2) is 0 Å². The molecule has 2 aromatic rings. The Morgan fingerprint density at radius 1 is 1.33 bits per heavy atom. The minimum absolute atomic E-state index is 0.332. The van der Waals surface area contributed by atoms with Gasteiger partial charge in [-0.3, -0.25) is 0 Å². The minimum Gasteiger partial charge on any atom is -0.490 e. The first-order valence-electron chi connectivity index (χ1n) is 6.22. The summed E-state index contributed by atoms with van der Waals surface area (Å²) in [6.07, 6.45) is 5.49. The maximum absolute atomic E-state index is 5.99. The number of aromatic nitrogens is 1. The fraction of sp³-hybridized carbons (Fsp3) is 0.357. The van der Waals surface area contributed by atoms with Crippen LogP contribution in [0.4, 0.5) is 5.88 Å². The van der Waals surface area contributed by atoms with Crippen LogP contribution in [0.25, 0.3) is 11.1 Å². The van der Waals surface area contributed by atoms with Gasteiger partial charge in [0.25, 0.3) is 0 Å². The SMILES string of the molecule is Cc1ccc(OC2CCC2)c(-c2cnoc2N)c1. The van der Waals surface area contributed by atoms with Gasteiger partial charge in [0.1, 0.15) is 5.75 Å². The maximum Gasteiger partial charge on any atom is 0.230 e. The van der Waals surface area contributed by atoms with E-state index in [0.29, 0.717) is 12.0 Å². The Balaban J connectivity index is 2.00. The predicted molar refractivity (Wildman–Crippen MR) is 69.4 cm³/mol. The number of aryl methyl sites for hydroxylation is 1. The summed E-state index contributed by atoms with van der Waals surface area (Å²) in [5.41, 5.74) is 8.70. The van der Waals surface area contributed by atoms with E-state index in [9.17, 15) is 0 Å². The molecule has 1 saturated carbocycles.